The summed E-state index contributed by atoms with van der Waals surface area (Å²) >= 11 is 0. The third-order valence-corrected chi connectivity index (χ3v) is 8.60. The number of rotatable bonds is 23. The molecule has 1 fully saturated rings. The van der Waals surface area contributed by atoms with Crippen LogP contribution in [0.1, 0.15) is 129 Å². The number of carbonyl (C=O) groups is 3. The normalized spacial score (nSPS) is 19.6. The topological polar surface area (TPSA) is 156 Å². The maximum absolute atomic E-state index is 12.2. The summed E-state index contributed by atoms with van der Waals surface area (Å²) in [6.07, 6.45) is 24.2. The Balaban J connectivity index is 0.0000176. The van der Waals surface area contributed by atoms with E-state index in [9.17, 15) is 32.5 Å². The molecule has 1 rings (SSSR count). The van der Waals surface area contributed by atoms with Gasteiger partial charge in [0, 0.05) is 6.42 Å². The number of carbonyl (C=O) groups excluding carboxylic acids is 3. The molecule has 1 N–H and O–H groups in total. The quantitative estimate of drug-likeness (QED) is 0.0433. The molecule has 0 spiro atoms. The van der Waals surface area contributed by atoms with Crippen LogP contribution in [-0.4, -0.2) is 67.7 Å². The smallest absolute Gasteiger partial charge is 0.747 e. The second kappa shape index (κ2) is 25.8. The monoisotopic (exact) mass is 656 g/mol. The molecule has 2 unspecified atom stereocenters. The van der Waals surface area contributed by atoms with Crippen molar-refractivity contribution < 1.29 is 98.1 Å². The Bertz CT molecular complexity index is 908. The molecule has 0 saturated carbocycles. The zero-order chi connectivity index (χ0) is 31.1. The van der Waals surface area contributed by atoms with Gasteiger partial charge < -0.3 is 23.9 Å². The van der Waals surface area contributed by atoms with Gasteiger partial charge in [0.2, 0.25) is 0 Å². The van der Waals surface area contributed by atoms with E-state index < -0.39 is 71.5 Å². The standard InChI is InChI=1S/C31H54O10S.K/c1-2-3-4-5-6-7-8-9-10-11-12-13-14-15-16-17-18-19-20-21-28(33)39-24-31(23-32)25-40-29(34)22-27(42(36,37)38)30(35)41-26-31;/h11-12,27,32H,2-10,13-26H2,1H3,(H,36,37,38);/q;+1/p-1/b12-11-;. The summed E-state index contributed by atoms with van der Waals surface area (Å²) in [4.78, 5) is 36.2. The molecule has 0 amide bonds. The number of unbranched alkanes of at least 4 members (excludes halogenated alkanes) is 15. The van der Waals surface area contributed by atoms with Crippen LogP contribution in [0.4, 0.5) is 0 Å². The molecule has 0 aliphatic carbocycles. The number of allylic oxidation sites excluding steroid dienone is 2. The van der Waals surface area contributed by atoms with Gasteiger partial charge in [-0.15, -0.1) is 0 Å². The Morgan fingerprint density at radius 1 is 0.884 bits per heavy atom. The first-order valence-electron chi connectivity index (χ1n) is 15.8. The Labute approximate surface area is 301 Å². The average molecular weight is 657 g/mol. The average Bonchev–Trinajstić information content (AvgIpc) is 3.02. The first-order chi connectivity index (χ1) is 20.1. The van der Waals surface area contributed by atoms with Crippen LogP contribution in [0.25, 0.3) is 0 Å². The van der Waals surface area contributed by atoms with Crippen molar-refractivity contribution in [2.45, 2.75) is 134 Å². The first kappa shape index (κ1) is 42.7. The zero-order valence-corrected chi connectivity index (χ0v) is 30.5. The van der Waals surface area contributed by atoms with Crippen LogP contribution in [0.2, 0.25) is 0 Å². The van der Waals surface area contributed by atoms with E-state index in [0.717, 1.165) is 25.7 Å². The van der Waals surface area contributed by atoms with Gasteiger partial charge in [-0.1, -0.05) is 96.1 Å². The fraction of sp³-hybridized carbons (Fsp3) is 0.839. The number of esters is 3. The third-order valence-electron chi connectivity index (χ3n) is 7.54. The predicted molar refractivity (Wildman–Crippen MR) is 158 cm³/mol. The maximum Gasteiger partial charge on any atom is 1.00 e. The minimum absolute atomic E-state index is 0. The van der Waals surface area contributed by atoms with Gasteiger partial charge in [0.15, 0.2) is 5.25 Å². The molecular weight excluding hydrogens is 603 g/mol. The first-order valence-corrected chi connectivity index (χ1v) is 17.3. The van der Waals surface area contributed by atoms with Crippen LogP contribution >= 0.6 is 0 Å². The van der Waals surface area contributed by atoms with Crippen molar-refractivity contribution >= 4 is 28.0 Å². The van der Waals surface area contributed by atoms with Crippen molar-refractivity contribution in [1.82, 2.24) is 0 Å². The van der Waals surface area contributed by atoms with Gasteiger partial charge in [0.1, 0.15) is 29.9 Å². The van der Waals surface area contributed by atoms with Crippen molar-refractivity contribution in [3.63, 3.8) is 0 Å². The molecule has 0 radical (unpaired) electrons. The minimum Gasteiger partial charge on any atom is -0.747 e. The van der Waals surface area contributed by atoms with E-state index in [4.69, 9.17) is 14.2 Å². The fourth-order valence-corrected chi connectivity index (χ4v) is 5.32. The molecule has 1 heterocycles. The number of aliphatic hydroxyl groups is 1. The Hall–Kier alpha value is -0.344. The van der Waals surface area contributed by atoms with E-state index in [1.807, 2.05) is 0 Å². The van der Waals surface area contributed by atoms with Crippen molar-refractivity contribution in [3.8, 4) is 0 Å². The Kier molecular flexibility index (Phi) is 25.6. The molecule has 1 aliphatic heterocycles. The number of hydrogen-bond acceptors (Lipinski definition) is 10. The van der Waals surface area contributed by atoms with Crippen LogP contribution in [-0.2, 0) is 38.7 Å². The van der Waals surface area contributed by atoms with Crippen molar-refractivity contribution in [2.75, 3.05) is 26.4 Å². The van der Waals surface area contributed by atoms with Crippen LogP contribution in [0.15, 0.2) is 12.2 Å². The molecule has 244 valence electrons. The predicted octanol–water partition coefficient (Wildman–Crippen LogP) is 2.51. The van der Waals surface area contributed by atoms with Crippen LogP contribution in [0.5, 0.6) is 0 Å². The third kappa shape index (κ3) is 21.1. The fourth-order valence-electron chi connectivity index (χ4n) is 4.68. The van der Waals surface area contributed by atoms with Gasteiger partial charge >= 0.3 is 69.3 Å². The molecule has 0 aromatic carbocycles. The van der Waals surface area contributed by atoms with E-state index in [-0.39, 0.29) is 57.8 Å². The molecule has 1 saturated heterocycles. The van der Waals surface area contributed by atoms with E-state index >= 15 is 0 Å². The van der Waals surface area contributed by atoms with Crippen molar-refractivity contribution in [2.24, 2.45) is 5.41 Å². The second-order valence-electron chi connectivity index (χ2n) is 11.5. The molecule has 43 heavy (non-hydrogen) atoms. The molecule has 1 aliphatic rings. The zero-order valence-electron chi connectivity index (χ0n) is 26.5. The number of aliphatic hydroxyl groups excluding tert-OH is 1. The van der Waals surface area contributed by atoms with Crippen molar-refractivity contribution in [3.05, 3.63) is 12.2 Å². The van der Waals surface area contributed by atoms with Crippen LogP contribution in [0, 0.1) is 5.41 Å². The largest absolute Gasteiger partial charge is 1.00 e. The second-order valence-corrected chi connectivity index (χ2v) is 13.1. The Morgan fingerprint density at radius 3 is 1.88 bits per heavy atom. The van der Waals surface area contributed by atoms with Gasteiger partial charge in [-0.3, -0.25) is 14.4 Å². The summed E-state index contributed by atoms with van der Waals surface area (Å²) in [5.41, 5.74) is -1.45. The number of ether oxygens (including phenoxy) is 3. The summed E-state index contributed by atoms with van der Waals surface area (Å²) in [5, 5.41) is 7.62. The summed E-state index contributed by atoms with van der Waals surface area (Å²) < 4.78 is 48.9. The van der Waals surface area contributed by atoms with Gasteiger partial charge in [0.25, 0.3) is 0 Å². The molecule has 10 nitrogen and oxygen atoms in total. The molecule has 0 aromatic heterocycles. The number of cyclic esters (lactones) is 2. The summed E-state index contributed by atoms with van der Waals surface area (Å²) in [7, 11) is -5.14. The van der Waals surface area contributed by atoms with Gasteiger partial charge in [-0.2, -0.15) is 0 Å². The van der Waals surface area contributed by atoms with Gasteiger partial charge in [-0.05, 0) is 32.1 Å². The van der Waals surface area contributed by atoms with Crippen molar-refractivity contribution in [1.29, 1.82) is 0 Å². The van der Waals surface area contributed by atoms with E-state index in [0.29, 0.717) is 6.42 Å². The minimum atomic E-state index is -5.14. The molecule has 2 atom stereocenters. The molecule has 0 bridgehead atoms. The summed E-state index contributed by atoms with van der Waals surface area (Å²) in [5.74, 6) is -3.01. The number of hydrogen-bond donors (Lipinski definition) is 1. The van der Waals surface area contributed by atoms with E-state index in [1.165, 1.54) is 77.0 Å². The summed E-state index contributed by atoms with van der Waals surface area (Å²) in [6, 6.07) is 0. The van der Waals surface area contributed by atoms with Crippen LogP contribution < -0.4 is 51.4 Å². The van der Waals surface area contributed by atoms with Crippen LogP contribution in [0.3, 0.4) is 0 Å². The SMILES string of the molecule is CCCCCCCCCC/C=C\CCCCCCCCCC(=O)OCC1(CO)COC(=O)CC(S(=O)(=O)[O-])C(=O)OC1.[K+]. The molecular formula is C31H53KO10S. The maximum atomic E-state index is 12.2. The van der Waals surface area contributed by atoms with E-state index in [2.05, 4.69) is 19.1 Å². The van der Waals surface area contributed by atoms with E-state index in [1.54, 1.807) is 0 Å². The van der Waals surface area contributed by atoms with Gasteiger partial charge in [-0.25, -0.2) is 8.42 Å². The molecule has 0 aromatic rings. The van der Waals surface area contributed by atoms with Gasteiger partial charge in [0.05, 0.1) is 18.4 Å². The Morgan fingerprint density at radius 2 is 1.37 bits per heavy atom. The summed E-state index contributed by atoms with van der Waals surface area (Å²) in [6.45, 7) is 0.143. The molecule has 12 heteroatoms.